The van der Waals surface area contributed by atoms with Gasteiger partial charge in [0.1, 0.15) is 5.76 Å². The molecule has 0 saturated heterocycles. The lowest BCUT2D eigenvalue weighted by atomic mass is 10.2. The summed E-state index contributed by atoms with van der Waals surface area (Å²) < 4.78 is 21.7. The van der Waals surface area contributed by atoms with Crippen LogP contribution < -0.4 is 10.2 Å². The quantitative estimate of drug-likeness (QED) is 0.852. The molecule has 1 heterocycles. The van der Waals surface area contributed by atoms with Crippen LogP contribution in [0, 0.1) is 0 Å². The summed E-state index contributed by atoms with van der Waals surface area (Å²) in [5, 5.41) is 1.92. The second-order valence-corrected chi connectivity index (χ2v) is 4.92. The van der Waals surface area contributed by atoms with Gasteiger partial charge in [0, 0.05) is 28.5 Å². The third-order valence-electron chi connectivity index (χ3n) is 2.38. The molecule has 1 aromatic heterocycles. The average Bonchev–Trinajstić information content (AvgIpc) is 2.36. The molecule has 0 N–H and O–H groups in total. The molecular weight excluding hydrogens is 252 g/mol. The predicted octanol–water partition coefficient (Wildman–Crippen LogP) is 2.15. The number of benzene rings is 1. The van der Waals surface area contributed by atoms with Gasteiger partial charge in [0.2, 0.25) is 0 Å². The molecule has 0 fully saturated rings. The highest BCUT2D eigenvalue weighted by molar-refractivity contribution is 7.87. The van der Waals surface area contributed by atoms with E-state index in [1.165, 1.54) is 30.9 Å². The molecule has 0 radical (unpaired) electrons. The molecule has 94 valence electrons. The predicted molar refractivity (Wildman–Crippen MR) is 72.1 cm³/mol. The molecule has 2 rings (SSSR count). The summed E-state index contributed by atoms with van der Waals surface area (Å²) in [7, 11) is 0.425. The maximum absolute atomic E-state index is 11.9. The van der Waals surface area contributed by atoms with E-state index in [1.54, 1.807) is 18.2 Å². The molecule has 1 atom stereocenters. The van der Waals surface area contributed by atoms with Gasteiger partial charge in [0.25, 0.3) is 0 Å². The number of hydrogen-bond donors (Lipinski definition) is 0. The van der Waals surface area contributed by atoms with Gasteiger partial charge in [-0.15, -0.1) is 0 Å². The van der Waals surface area contributed by atoms with Gasteiger partial charge in [-0.2, -0.15) is 0 Å². The van der Waals surface area contributed by atoms with Crippen LogP contribution >= 0.6 is 0 Å². The van der Waals surface area contributed by atoms with E-state index in [2.05, 4.69) is 0 Å². The molecule has 0 aliphatic carbocycles. The molecular formula is C13H12O4S. The molecule has 4 nitrogen and oxygen atoms in total. The zero-order valence-corrected chi connectivity index (χ0v) is 10.8. The largest absolute Gasteiger partial charge is 0.493 e. The second-order valence-electron chi connectivity index (χ2n) is 3.65. The van der Waals surface area contributed by atoms with Gasteiger partial charge >= 0.3 is 0 Å². The summed E-state index contributed by atoms with van der Waals surface area (Å²) in [6, 6.07) is 6.49. The molecule has 0 bridgehead atoms. The SMILES string of the molecule is COc1cccc2c(=O)cc(/C=C/S(C)=O)oc12. The first-order valence-electron chi connectivity index (χ1n) is 5.23. The molecule has 0 aliphatic rings. The van der Waals surface area contributed by atoms with Crippen molar-refractivity contribution >= 4 is 27.8 Å². The average molecular weight is 264 g/mol. The van der Waals surface area contributed by atoms with Gasteiger partial charge in [0.15, 0.2) is 16.8 Å². The van der Waals surface area contributed by atoms with Crippen molar-refractivity contribution in [2.24, 2.45) is 0 Å². The summed E-state index contributed by atoms with van der Waals surface area (Å²) in [6.45, 7) is 0. The Balaban J connectivity index is 2.67. The van der Waals surface area contributed by atoms with Crippen molar-refractivity contribution in [3.8, 4) is 5.75 Å². The summed E-state index contributed by atoms with van der Waals surface area (Å²) in [5.41, 5.74) is 0.241. The Hall–Kier alpha value is -1.88. The third kappa shape index (κ3) is 2.51. The van der Waals surface area contributed by atoms with E-state index >= 15 is 0 Å². The minimum Gasteiger partial charge on any atom is -0.493 e. The minimum atomic E-state index is -1.09. The van der Waals surface area contributed by atoms with Gasteiger partial charge in [-0.3, -0.25) is 9.00 Å². The first-order chi connectivity index (χ1) is 8.61. The zero-order valence-electron chi connectivity index (χ0n) is 10.0. The molecule has 0 saturated carbocycles. The van der Waals surface area contributed by atoms with Gasteiger partial charge in [-0.25, -0.2) is 0 Å². The maximum atomic E-state index is 11.9. The van der Waals surface area contributed by atoms with Gasteiger partial charge in [0.05, 0.1) is 12.5 Å². The molecule has 0 spiro atoms. The van der Waals surface area contributed by atoms with Crippen molar-refractivity contribution in [3.63, 3.8) is 0 Å². The van der Waals surface area contributed by atoms with E-state index in [9.17, 15) is 9.00 Å². The molecule has 0 amide bonds. The lowest BCUT2D eigenvalue weighted by Crippen LogP contribution is -2.01. The lowest BCUT2D eigenvalue weighted by Gasteiger charge is -2.04. The van der Waals surface area contributed by atoms with E-state index < -0.39 is 10.8 Å². The molecule has 1 aromatic carbocycles. The standard InChI is InChI=1S/C13H12O4S/c1-16-12-5-3-4-10-11(14)8-9(17-13(10)12)6-7-18(2)15/h3-8H,1-2H3/b7-6+. The highest BCUT2D eigenvalue weighted by Gasteiger charge is 2.07. The van der Waals surface area contributed by atoms with E-state index in [0.29, 0.717) is 22.5 Å². The lowest BCUT2D eigenvalue weighted by molar-refractivity contribution is 0.408. The van der Waals surface area contributed by atoms with Crippen molar-refractivity contribution in [1.82, 2.24) is 0 Å². The Bertz CT molecular complexity index is 685. The maximum Gasteiger partial charge on any atom is 0.193 e. The Labute approximate surface area is 106 Å². The van der Waals surface area contributed by atoms with E-state index in [4.69, 9.17) is 9.15 Å². The van der Waals surface area contributed by atoms with Crippen LogP contribution in [-0.2, 0) is 10.8 Å². The number of hydrogen-bond acceptors (Lipinski definition) is 4. The molecule has 2 aromatic rings. The molecule has 0 aliphatic heterocycles. The van der Waals surface area contributed by atoms with Crippen LogP contribution in [0.5, 0.6) is 5.75 Å². The first-order valence-corrected chi connectivity index (χ1v) is 6.85. The van der Waals surface area contributed by atoms with E-state index in [0.717, 1.165) is 0 Å². The van der Waals surface area contributed by atoms with E-state index in [1.807, 2.05) is 0 Å². The van der Waals surface area contributed by atoms with Crippen LogP contribution in [0.3, 0.4) is 0 Å². The van der Waals surface area contributed by atoms with Crippen LogP contribution in [0.1, 0.15) is 5.76 Å². The Morgan fingerprint density at radius 1 is 1.39 bits per heavy atom. The monoisotopic (exact) mass is 264 g/mol. The summed E-state index contributed by atoms with van der Waals surface area (Å²) in [4.78, 5) is 11.9. The van der Waals surface area contributed by atoms with Crippen molar-refractivity contribution < 1.29 is 13.4 Å². The highest BCUT2D eigenvalue weighted by atomic mass is 32.2. The molecule has 18 heavy (non-hydrogen) atoms. The molecule has 5 heteroatoms. The normalized spacial score (nSPS) is 13.0. The minimum absolute atomic E-state index is 0.156. The fourth-order valence-electron chi connectivity index (χ4n) is 1.58. The second kappa shape index (κ2) is 5.18. The fraction of sp³-hybridized carbons (Fsp3) is 0.154. The molecule has 1 unspecified atom stereocenters. The number of methoxy groups -OCH3 is 1. The first kappa shape index (κ1) is 12.6. The van der Waals surface area contributed by atoms with Crippen LogP contribution in [0.4, 0.5) is 0 Å². The van der Waals surface area contributed by atoms with E-state index in [-0.39, 0.29) is 5.43 Å². The van der Waals surface area contributed by atoms with Crippen LogP contribution in [0.2, 0.25) is 0 Å². The summed E-state index contributed by atoms with van der Waals surface area (Å²) in [5.74, 6) is 0.852. The number of rotatable bonds is 3. The fourth-order valence-corrected chi connectivity index (χ4v) is 1.90. The van der Waals surface area contributed by atoms with Gasteiger partial charge < -0.3 is 9.15 Å². The number of fused-ring (bicyclic) bond motifs is 1. The topological polar surface area (TPSA) is 56.5 Å². The summed E-state index contributed by atoms with van der Waals surface area (Å²) >= 11 is 0. The summed E-state index contributed by atoms with van der Waals surface area (Å²) in [6.07, 6.45) is 3.06. The van der Waals surface area contributed by atoms with Crippen molar-refractivity contribution in [2.45, 2.75) is 0 Å². The Morgan fingerprint density at radius 3 is 2.83 bits per heavy atom. The number of ether oxygens (including phenoxy) is 1. The third-order valence-corrected chi connectivity index (χ3v) is 2.90. The van der Waals surface area contributed by atoms with Crippen molar-refractivity contribution in [3.05, 3.63) is 45.7 Å². The van der Waals surface area contributed by atoms with Gasteiger partial charge in [-0.1, -0.05) is 6.07 Å². The van der Waals surface area contributed by atoms with Gasteiger partial charge in [-0.05, 0) is 18.2 Å². The smallest absolute Gasteiger partial charge is 0.193 e. The van der Waals surface area contributed by atoms with Crippen molar-refractivity contribution in [1.29, 1.82) is 0 Å². The van der Waals surface area contributed by atoms with Crippen LogP contribution in [0.25, 0.3) is 17.0 Å². The Morgan fingerprint density at radius 2 is 2.17 bits per heavy atom. The Kier molecular flexibility index (Phi) is 3.62. The van der Waals surface area contributed by atoms with Crippen LogP contribution in [0.15, 0.2) is 38.9 Å². The van der Waals surface area contributed by atoms with Crippen molar-refractivity contribution in [2.75, 3.05) is 13.4 Å². The zero-order chi connectivity index (χ0) is 13.1. The number of para-hydroxylation sites is 1. The highest BCUT2D eigenvalue weighted by Crippen LogP contribution is 2.24. The van der Waals surface area contributed by atoms with Crippen LogP contribution in [-0.4, -0.2) is 17.6 Å².